The SMILES string of the molecule is CN1C[CH]C2CCCCC21. The number of hydrogen-bond acceptors (Lipinski definition) is 1. The van der Waals surface area contributed by atoms with Gasteiger partial charge in [0.15, 0.2) is 0 Å². The highest BCUT2D eigenvalue weighted by atomic mass is 15.2. The molecule has 0 bridgehead atoms. The van der Waals surface area contributed by atoms with Crippen molar-refractivity contribution in [1.29, 1.82) is 0 Å². The summed E-state index contributed by atoms with van der Waals surface area (Å²) in [5.74, 6) is 0.943. The second-order valence-electron chi connectivity index (χ2n) is 3.69. The summed E-state index contributed by atoms with van der Waals surface area (Å²) in [4.78, 5) is 2.50. The van der Waals surface area contributed by atoms with Crippen LogP contribution in [0.25, 0.3) is 0 Å². The van der Waals surface area contributed by atoms with Crippen LogP contribution in [-0.4, -0.2) is 24.5 Å². The molecular formula is C9H16N. The molecule has 1 saturated carbocycles. The lowest BCUT2D eigenvalue weighted by Gasteiger charge is -2.28. The van der Waals surface area contributed by atoms with Gasteiger partial charge in [-0.2, -0.15) is 0 Å². The molecule has 2 unspecified atom stereocenters. The summed E-state index contributed by atoms with van der Waals surface area (Å²) in [5, 5.41) is 0. The summed E-state index contributed by atoms with van der Waals surface area (Å²) >= 11 is 0. The topological polar surface area (TPSA) is 3.24 Å². The van der Waals surface area contributed by atoms with E-state index in [0.29, 0.717) is 0 Å². The van der Waals surface area contributed by atoms with Crippen LogP contribution in [0.4, 0.5) is 0 Å². The Morgan fingerprint density at radius 3 is 2.90 bits per heavy atom. The fourth-order valence-electron chi connectivity index (χ4n) is 2.40. The quantitative estimate of drug-likeness (QED) is 0.492. The molecule has 2 fully saturated rings. The van der Waals surface area contributed by atoms with Gasteiger partial charge in [0.25, 0.3) is 0 Å². The van der Waals surface area contributed by atoms with E-state index in [1.165, 1.54) is 32.2 Å². The average Bonchev–Trinajstić information content (AvgIpc) is 2.34. The van der Waals surface area contributed by atoms with E-state index in [1.807, 2.05) is 0 Å². The first-order valence-electron chi connectivity index (χ1n) is 4.41. The summed E-state index contributed by atoms with van der Waals surface area (Å²) in [5.41, 5.74) is 0. The predicted molar refractivity (Wildman–Crippen MR) is 42.7 cm³/mol. The molecule has 1 heteroatoms. The number of rotatable bonds is 0. The van der Waals surface area contributed by atoms with Crippen molar-refractivity contribution in [3.05, 3.63) is 6.42 Å². The van der Waals surface area contributed by atoms with Crippen molar-refractivity contribution in [2.24, 2.45) is 5.92 Å². The molecule has 0 amide bonds. The summed E-state index contributed by atoms with van der Waals surface area (Å²) in [7, 11) is 2.26. The second-order valence-corrected chi connectivity index (χ2v) is 3.69. The van der Waals surface area contributed by atoms with E-state index in [9.17, 15) is 0 Å². The molecule has 1 heterocycles. The molecule has 57 valence electrons. The minimum Gasteiger partial charge on any atom is -0.303 e. The molecule has 0 N–H and O–H groups in total. The first-order chi connectivity index (χ1) is 4.88. The smallest absolute Gasteiger partial charge is 0.0124 e. The first-order valence-corrected chi connectivity index (χ1v) is 4.41. The van der Waals surface area contributed by atoms with E-state index in [-0.39, 0.29) is 0 Å². The molecule has 1 aliphatic carbocycles. The zero-order chi connectivity index (χ0) is 6.97. The van der Waals surface area contributed by atoms with E-state index in [1.54, 1.807) is 0 Å². The third-order valence-electron chi connectivity index (χ3n) is 3.04. The lowest BCUT2D eigenvalue weighted by molar-refractivity contribution is 0.218. The highest BCUT2D eigenvalue weighted by molar-refractivity contribution is 4.98. The monoisotopic (exact) mass is 138 g/mol. The van der Waals surface area contributed by atoms with Gasteiger partial charge in [-0.05, 0) is 32.2 Å². The first kappa shape index (κ1) is 6.66. The van der Waals surface area contributed by atoms with Gasteiger partial charge < -0.3 is 4.90 Å². The number of nitrogens with zero attached hydrogens (tertiary/aromatic N) is 1. The summed E-state index contributed by atoms with van der Waals surface area (Å²) in [6.45, 7) is 1.23. The van der Waals surface area contributed by atoms with Crippen molar-refractivity contribution < 1.29 is 0 Å². The van der Waals surface area contributed by atoms with Crippen LogP contribution in [-0.2, 0) is 0 Å². The van der Waals surface area contributed by atoms with Crippen LogP contribution in [0.15, 0.2) is 0 Å². The van der Waals surface area contributed by atoms with E-state index >= 15 is 0 Å². The van der Waals surface area contributed by atoms with E-state index in [2.05, 4.69) is 18.4 Å². The molecule has 2 atom stereocenters. The molecule has 0 aromatic rings. The Balaban J connectivity index is 2.01. The van der Waals surface area contributed by atoms with Crippen LogP contribution in [0.5, 0.6) is 0 Å². The van der Waals surface area contributed by atoms with Gasteiger partial charge in [-0.3, -0.25) is 0 Å². The molecule has 1 nitrogen and oxygen atoms in total. The molecule has 0 spiro atoms. The Bertz CT molecular complexity index is 120. The highest BCUT2D eigenvalue weighted by Gasteiger charge is 2.33. The zero-order valence-electron chi connectivity index (χ0n) is 6.71. The predicted octanol–water partition coefficient (Wildman–Crippen LogP) is 1.69. The Hall–Kier alpha value is -0.0400. The molecule has 10 heavy (non-hydrogen) atoms. The molecule has 2 rings (SSSR count). The van der Waals surface area contributed by atoms with Gasteiger partial charge in [-0.25, -0.2) is 0 Å². The van der Waals surface area contributed by atoms with Gasteiger partial charge in [0, 0.05) is 12.6 Å². The largest absolute Gasteiger partial charge is 0.303 e. The third kappa shape index (κ3) is 0.968. The molecule has 1 radical (unpaired) electrons. The lowest BCUT2D eigenvalue weighted by atomic mass is 9.85. The van der Waals surface area contributed by atoms with Crippen molar-refractivity contribution in [2.45, 2.75) is 31.7 Å². The Labute approximate surface area is 63.4 Å². The Morgan fingerprint density at radius 2 is 2.10 bits per heavy atom. The van der Waals surface area contributed by atoms with Gasteiger partial charge in [-0.1, -0.05) is 12.8 Å². The molecule has 0 aromatic carbocycles. The molecule has 0 aromatic heterocycles. The second kappa shape index (κ2) is 2.54. The number of likely N-dealkylation sites (tertiary alicyclic amines) is 1. The minimum absolute atomic E-state index is 0.911. The van der Waals surface area contributed by atoms with Crippen molar-refractivity contribution in [2.75, 3.05) is 13.6 Å². The maximum absolute atomic E-state index is 2.50. The van der Waals surface area contributed by atoms with Crippen LogP contribution >= 0.6 is 0 Å². The van der Waals surface area contributed by atoms with Gasteiger partial charge in [0.1, 0.15) is 0 Å². The summed E-state index contributed by atoms with van der Waals surface area (Å²) in [6, 6.07) is 0.911. The molecule has 2 aliphatic rings. The van der Waals surface area contributed by atoms with Crippen molar-refractivity contribution in [3.63, 3.8) is 0 Å². The van der Waals surface area contributed by atoms with Gasteiger partial charge >= 0.3 is 0 Å². The van der Waals surface area contributed by atoms with Crippen molar-refractivity contribution in [3.8, 4) is 0 Å². The van der Waals surface area contributed by atoms with Crippen LogP contribution in [0.2, 0.25) is 0 Å². The normalized spacial score (nSPS) is 41.7. The molecule has 1 aliphatic heterocycles. The van der Waals surface area contributed by atoms with Crippen LogP contribution in [0, 0.1) is 12.3 Å². The van der Waals surface area contributed by atoms with E-state index < -0.39 is 0 Å². The van der Waals surface area contributed by atoms with Gasteiger partial charge in [-0.15, -0.1) is 0 Å². The Kier molecular flexibility index (Phi) is 1.69. The number of hydrogen-bond donors (Lipinski definition) is 0. The van der Waals surface area contributed by atoms with Crippen LogP contribution < -0.4 is 0 Å². The van der Waals surface area contributed by atoms with Gasteiger partial charge in [0.2, 0.25) is 0 Å². The third-order valence-corrected chi connectivity index (χ3v) is 3.04. The molecular weight excluding hydrogens is 122 g/mol. The minimum atomic E-state index is 0.911. The summed E-state index contributed by atoms with van der Waals surface area (Å²) in [6.07, 6.45) is 8.32. The Morgan fingerprint density at radius 1 is 1.30 bits per heavy atom. The van der Waals surface area contributed by atoms with Gasteiger partial charge in [0.05, 0.1) is 0 Å². The molecule has 1 saturated heterocycles. The maximum atomic E-state index is 2.50. The standard InChI is InChI=1S/C9H16N/c1-10-7-6-8-4-2-3-5-9(8)10/h6,8-9H,2-5,7H2,1H3. The van der Waals surface area contributed by atoms with E-state index in [0.717, 1.165) is 12.0 Å². The lowest BCUT2D eigenvalue weighted by Crippen LogP contribution is -2.31. The zero-order valence-corrected chi connectivity index (χ0v) is 6.71. The van der Waals surface area contributed by atoms with Crippen LogP contribution in [0.3, 0.4) is 0 Å². The van der Waals surface area contributed by atoms with Crippen LogP contribution in [0.1, 0.15) is 25.7 Å². The van der Waals surface area contributed by atoms with E-state index in [4.69, 9.17) is 0 Å². The average molecular weight is 138 g/mol. The highest BCUT2D eigenvalue weighted by Crippen LogP contribution is 2.34. The maximum Gasteiger partial charge on any atom is 0.0124 e. The van der Waals surface area contributed by atoms with Crippen molar-refractivity contribution >= 4 is 0 Å². The summed E-state index contributed by atoms with van der Waals surface area (Å²) < 4.78 is 0. The fraction of sp³-hybridized carbons (Fsp3) is 0.889. The van der Waals surface area contributed by atoms with Crippen molar-refractivity contribution in [1.82, 2.24) is 4.90 Å². The number of fused-ring (bicyclic) bond motifs is 1. The fourth-order valence-corrected chi connectivity index (χ4v) is 2.40.